The highest BCUT2D eigenvalue weighted by atomic mass is 16.6. The summed E-state index contributed by atoms with van der Waals surface area (Å²) in [7, 11) is 1.17. The lowest BCUT2D eigenvalue weighted by Gasteiger charge is -2.12. The lowest BCUT2D eigenvalue weighted by Crippen LogP contribution is -2.05. The Bertz CT molecular complexity index is 637. The first-order valence-electron chi connectivity index (χ1n) is 6.82. The molecule has 1 aromatic rings. The van der Waals surface area contributed by atoms with E-state index in [2.05, 4.69) is 4.74 Å². The van der Waals surface area contributed by atoms with E-state index in [0.29, 0.717) is 0 Å². The number of nitro groups is 1. The van der Waals surface area contributed by atoms with E-state index in [-0.39, 0.29) is 36.0 Å². The molecule has 8 heteroatoms. The van der Waals surface area contributed by atoms with E-state index in [9.17, 15) is 19.7 Å². The molecule has 0 N–H and O–H groups in total. The molecule has 0 aromatic heterocycles. The number of hydrogen-bond donors (Lipinski definition) is 0. The van der Waals surface area contributed by atoms with Gasteiger partial charge >= 0.3 is 11.7 Å². The molecule has 0 amide bonds. The zero-order chi connectivity index (χ0) is 17.4. The van der Waals surface area contributed by atoms with Crippen molar-refractivity contribution in [3.8, 4) is 11.5 Å². The Morgan fingerprint density at radius 1 is 1.17 bits per heavy atom. The molecule has 0 radical (unpaired) electrons. The molecule has 23 heavy (non-hydrogen) atoms. The lowest BCUT2D eigenvalue weighted by atomic mass is 10.1. The van der Waals surface area contributed by atoms with Crippen LogP contribution in [0.2, 0.25) is 0 Å². The van der Waals surface area contributed by atoms with Gasteiger partial charge in [-0.25, -0.2) is 4.79 Å². The van der Waals surface area contributed by atoms with E-state index < -0.39 is 16.7 Å². The maximum atomic E-state index is 12.1. The monoisotopic (exact) mass is 323 g/mol. The summed E-state index contributed by atoms with van der Waals surface area (Å²) in [4.78, 5) is 33.6. The van der Waals surface area contributed by atoms with Gasteiger partial charge in [-0.15, -0.1) is 0 Å². The van der Waals surface area contributed by atoms with Crippen LogP contribution in [0.4, 0.5) is 5.69 Å². The predicted molar refractivity (Wildman–Crippen MR) is 80.9 cm³/mol. The second-order valence-corrected chi connectivity index (χ2v) is 4.17. The number of allylic oxidation sites excluding steroid dienone is 1. The van der Waals surface area contributed by atoms with Gasteiger partial charge in [-0.3, -0.25) is 14.9 Å². The van der Waals surface area contributed by atoms with Gasteiger partial charge in [-0.05, 0) is 26.0 Å². The maximum absolute atomic E-state index is 12.1. The molecule has 0 atom stereocenters. The highest BCUT2D eigenvalue weighted by molar-refractivity contribution is 6.07. The molecule has 0 saturated heterocycles. The zero-order valence-electron chi connectivity index (χ0n) is 13.0. The van der Waals surface area contributed by atoms with Crippen LogP contribution in [-0.2, 0) is 9.53 Å². The van der Waals surface area contributed by atoms with Crippen LogP contribution in [-0.4, -0.2) is 37.0 Å². The molecule has 0 saturated carbocycles. The average molecular weight is 323 g/mol. The topological polar surface area (TPSA) is 105 Å². The molecule has 0 fully saturated rings. The van der Waals surface area contributed by atoms with Crippen LogP contribution in [0.1, 0.15) is 24.2 Å². The van der Waals surface area contributed by atoms with Gasteiger partial charge in [0.15, 0.2) is 11.5 Å². The van der Waals surface area contributed by atoms with E-state index >= 15 is 0 Å². The first-order chi connectivity index (χ1) is 10.9. The highest BCUT2D eigenvalue weighted by Gasteiger charge is 2.24. The van der Waals surface area contributed by atoms with E-state index in [1.807, 2.05) is 0 Å². The number of esters is 1. The van der Waals surface area contributed by atoms with Crippen LogP contribution < -0.4 is 9.47 Å². The summed E-state index contributed by atoms with van der Waals surface area (Å²) in [5.74, 6) is -1.24. The summed E-state index contributed by atoms with van der Waals surface area (Å²) in [5.41, 5.74) is -0.378. The quantitative estimate of drug-likeness (QED) is 0.237. The highest BCUT2D eigenvalue weighted by Crippen LogP contribution is 2.38. The number of rotatable bonds is 8. The second-order valence-electron chi connectivity index (χ2n) is 4.17. The summed E-state index contributed by atoms with van der Waals surface area (Å²) in [6, 6.07) is 2.42. The number of nitrogens with zero attached hydrogens (tertiary/aromatic N) is 1. The fraction of sp³-hybridized carbons (Fsp3) is 0.333. The van der Waals surface area contributed by atoms with Gasteiger partial charge < -0.3 is 14.2 Å². The summed E-state index contributed by atoms with van der Waals surface area (Å²) >= 11 is 0. The molecule has 0 aliphatic rings. The number of carbonyl (C=O) groups excluding carboxylic acids is 2. The molecule has 0 unspecified atom stereocenters. The number of benzene rings is 1. The Morgan fingerprint density at radius 2 is 1.83 bits per heavy atom. The standard InChI is InChI=1S/C15H17NO7/c1-4-22-13-9-10(12(17)6-7-14(18)21-3)8-11(16(19)20)15(13)23-5-2/h6-9H,4-5H2,1-3H3/b7-6+. The minimum absolute atomic E-state index is 0.00348. The molecule has 1 aromatic carbocycles. The molecule has 8 nitrogen and oxygen atoms in total. The van der Waals surface area contributed by atoms with Crippen LogP contribution in [0.5, 0.6) is 11.5 Å². The Balaban J connectivity index is 3.33. The van der Waals surface area contributed by atoms with E-state index in [1.165, 1.54) is 13.2 Å². The lowest BCUT2D eigenvalue weighted by molar-refractivity contribution is -0.386. The largest absolute Gasteiger partial charge is 0.490 e. The Hall–Kier alpha value is -2.90. The Kier molecular flexibility index (Phi) is 6.72. The minimum atomic E-state index is -0.705. The summed E-state index contributed by atoms with van der Waals surface area (Å²) in [6.45, 7) is 3.83. The van der Waals surface area contributed by atoms with Gasteiger partial charge in [0, 0.05) is 17.7 Å². The van der Waals surface area contributed by atoms with Crippen molar-refractivity contribution in [2.45, 2.75) is 13.8 Å². The molecule has 0 heterocycles. The maximum Gasteiger partial charge on any atom is 0.330 e. The van der Waals surface area contributed by atoms with Gasteiger partial charge in [0.25, 0.3) is 0 Å². The van der Waals surface area contributed by atoms with Crippen LogP contribution in [0.3, 0.4) is 0 Å². The predicted octanol–water partition coefficient (Wildman–Crippen LogP) is 2.30. The van der Waals surface area contributed by atoms with Crippen molar-refractivity contribution < 1.29 is 28.7 Å². The number of carbonyl (C=O) groups is 2. The number of ether oxygens (including phenoxy) is 3. The SMILES string of the molecule is CCOc1cc(C(=O)/C=C/C(=O)OC)cc([N+](=O)[O-])c1OCC. The van der Waals surface area contributed by atoms with Crippen LogP contribution >= 0.6 is 0 Å². The van der Waals surface area contributed by atoms with E-state index in [1.54, 1.807) is 13.8 Å². The summed E-state index contributed by atoms with van der Waals surface area (Å²) in [5, 5.41) is 11.2. The van der Waals surface area contributed by atoms with Crippen LogP contribution in [0.25, 0.3) is 0 Å². The van der Waals surface area contributed by atoms with E-state index in [4.69, 9.17) is 9.47 Å². The fourth-order valence-corrected chi connectivity index (χ4v) is 1.73. The summed E-state index contributed by atoms with van der Waals surface area (Å²) in [6.07, 6.45) is 1.91. The third-order valence-corrected chi connectivity index (χ3v) is 2.68. The number of nitro benzene ring substituents is 1. The van der Waals surface area contributed by atoms with Crippen molar-refractivity contribution in [2.75, 3.05) is 20.3 Å². The van der Waals surface area contributed by atoms with Gasteiger partial charge in [-0.2, -0.15) is 0 Å². The first-order valence-corrected chi connectivity index (χ1v) is 6.82. The van der Waals surface area contributed by atoms with Crippen LogP contribution in [0.15, 0.2) is 24.3 Å². The third kappa shape index (κ3) is 4.80. The molecule has 1 rings (SSSR count). The first kappa shape index (κ1) is 18.1. The smallest absolute Gasteiger partial charge is 0.330 e. The third-order valence-electron chi connectivity index (χ3n) is 2.68. The molecule has 0 bridgehead atoms. The zero-order valence-corrected chi connectivity index (χ0v) is 13.0. The molecule has 0 aliphatic heterocycles. The van der Waals surface area contributed by atoms with Crippen molar-refractivity contribution in [1.82, 2.24) is 0 Å². The molecule has 124 valence electrons. The average Bonchev–Trinajstić information content (AvgIpc) is 2.53. The molecule has 0 aliphatic carbocycles. The summed E-state index contributed by atoms with van der Waals surface area (Å²) < 4.78 is 15.0. The number of hydrogen-bond acceptors (Lipinski definition) is 7. The fourth-order valence-electron chi connectivity index (χ4n) is 1.73. The van der Waals surface area contributed by atoms with Gasteiger partial charge in [0.1, 0.15) is 0 Å². The number of ketones is 1. The normalized spacial score (nSPS) is 10.4. The van der Waals surface area contributed by atoms with Crippen LogP contribution in [0, 0.1) is 10.1 Å². The van der Waals surface area contributed by atoms with Crippen molar-refractivity contribution in [3.63, 3.8) is 0 Å². The second kappa shape index (κ2) is 8.52. The van der Waals surface area contributed by atoms with Gasteiger partial charge in [0.2, 0.25) is 5.75 Å². The Morgan fingerprint density at radius 3 is 2.35 bits per heavy atom. The minimum Gasteiger partial charge on any atom is -0.490 e. The molecular weight excluding hydrogens is 306 g/mol. The van der Waals surface area contributed by atoms with Crippen molar-refractivity contribution in [2.24, 2.45) is 0 Å². The number of methoxy groups -OCH3 is 1. The van der Waals surface area contributed by atoms with E-state index in [0.717, 1.165) is 18.2 Å². The van der Waals surface area contributed by atoms with Crippen molar-refractivity contribution in [1.29, 1.82) is 0 Å². The van der Waals surface area contributed by atoms with Crippen molar-refractivity contribution in [3.05, 3.63) is 40.0 Å². The molecular formula is C15H17NO7. The van der Waals surface area contributed by atoms with Crippen molar-refractivity contribution >= 4 is 17.4 Å². The Labute approximate surface area is 132 Å². The van der Waals surface area contributed by atoms with Gasteiger partial charge in [-0.1, -0.05) is 0 Å². The molecule has 0 spiro atoms. The van der Waals surface area contributed by atoms with Gasteiger partial charge in [0.05, 0.1) is 25.2 Å².